The van der Waals surface area contributed by atoms with E-state index < -0.39 is 0 Å². The van der Waals surface area contributed by atoms with Gasteiger partial charge in [-0.2, -0.15) is 0 Å². The highest BCUT2D eigenvalue weighted by molar-refractivity contribution is 5.53. The summed E-state index contributed by atoms with van der Waals surface area (Å²) in [4.78, 5) is 0. The van der Waals surface area contributed by atoms with E-state index in [0.29, 0.717) is 11.3 Å². The van der Waals surface area contributed by atoms with E-state index in [0.717, 1.165) is 5.41 Å². The molecule has 0 unspecified atom stereocenters. The van der Waals surface area contributed by atoms with Gasteiger partial charge in [0.2, 0.25) is 0 Å². The molecule has 0 aromatic heterocycles. The average Bonchev–Trinajstić information content (AvgIpc) is 2.22. The van der Waals surface area contributed by atoms with Crippen LogP contribution in [0.3, 0.4) is 0 Å². The lowest BCUT2D eigenvalue weighted by Gasteiger charge is -2.70. The van der Waals surface area contributed by atoms with Crippen molar-refractivity contribution in [2.24, 2.45) is 10.8 Å². The van der Waals surface area contributed by atoms with Crippen LogP contribution < -0.4 is 5.32 Å². The lowest BCUT2D eigenvalue weighted by Crippen LogP contribution is -2.62. The highest BCUT2D eigenvalue weighted by Crippen LogP contribution is 2.72. The van der Waals surface area contributed by atoms with Gasteiger partial charge >= 0.3 is 0 Å². The number of nitrogens with one attached hydrogen (secondary N) is 1. The van der Waals surface area contributed by atoms with Gasteiger partial charge in [-0.3, -0.25) is 0 Å². The standard InChI is InChI=1S/C16H23N/c1-12(2)13-6-4-5-7-14(13)17-11-16-8-15(3,9-16)10-16/h4-7,12,17H,8-11H2,1-3H3. The van der Waals surface area contributed by atoms with Gasteiger partial charge in [0.15, 0.2) is 0 Å². The highest BCUT2D eigenvalue weighted by atomic mass is 14.9. The topological polar surface area (TPSA) is 12.0 Å². The Labute approximate surface area is 105 Å². The fraction of sp³-hybridized carbons (Fsp3) is 0.625. The molecule has 0 atom stereocenters. The number of para-hydroxylation sites is 1. The van der Waals surface area contributed by atoms with Crippen molar-refractivity contribution in [3.63, 3.8) is 0 Å². The van der Waals surface area contributed by atoms with Crippen LogP contribution >= 0.6 is 0 Å². The van der Waals surface area contributed by atoms with Gasteiger partial charge in [-0.25, -0.2) is 0 Å². The monoisotopic (exact) mass is 229 g/mol. The SMILES string of the molecule is CC(C)c1ccccc1NCC12CC(C)(C1)C2. The van der Waals surface area contributed by atoms with E-state index in [4.69, 9.17) is 0 Å². The predicted molar refractivity (Wildman–Crippen MR) is 73.4 cm³/mol. The molecule has 4 rings (SSSR count). The van der Waals surface area contributed by atoms with Crippen LogP contribution in [0, 0.1) is 10.8 Å². The number of rotatable bonds is 4. The number of hydrogen-bond acceptors (Lipinski definition) is 1. The molecule has 1 nitrogen and oxygen atoms in total. The zero-order valence-electron chi connectivity index (χ0n) is 11.2. The molecule has 0 spiro atoms. The Kier molecular flexibility index (Phi) is 2.30. The van der Waals surface area contributed by atoms with Crippen LogP contribution in [0.1, 0.15) is 51.5 Å². The minimum absolute atomic E-state index is 0.601. The molecule has 1 heteroatoms. The second-order valence-electron chi connectivity index (χ2n) is 6.94. The molecule has 3 fully saturated rings. The third-order valence-electron chi connectivity index (χ3n) is 4.64. The first-order valence-electron chi connectivity index (χ1n) is 6.85. The van der Waals surface area contributed by atoms with E-state index in [1.54, 1.807) is 0 Å². The second-order valence-corrected chi connectivity index (χ2v) is 6.94. The molecular weight excluding hydrogens is 206 g/mol. The number of benzene rings is 1. The maximum atomic E-state index is 3.69. The number of hydrogen-bond donors (Lipinski definition) is 1. The van der Waals surface area contributed by atoms with Crippen LogP contribution in [0.4, 0.5) is 5.69 Å². The molecule has 3 aliphatic carbocycles. The van der Waals surface area contributed by atoms with E-state index >= 15 is 0 Å². The Hall–Kier alpha value is -0.980. The van der Waals surface area contributed by atoms with E-state index in [-0.39, 0.29) is 0 Å². The minimum atomic E-state index is 0.601. The molecule has 17 heavy (non-hydrogen) atoms. The van der Waals surface area contributed by atoms with Crippen molar-refractivity contribution in [3.05, 3.63) is 29.8 Å². The average molecular weight is 229 g/mol. The first-order chi connectivity index (χ1) is 8.02. The quantitative estimate of drug-likeness (QED) is 0.806. The predicted octanol–water partition coefficient (Wildman–Crippen LogP) is 4.41. The zero-order valence-corrected chi connectivity index (χ0v) is 11.2. The fourth-order valence-corrected chi connectivity index (χ4v) is 4.19. The summed E-state index contributed by atoms with van der Waals surface area (Å²) < 4.78 is 0. The second kappa shape index (κ2) is 3.51. The molecule has 0 amide bonds. The molecule has 1 N–H and O–H groups in total. The Morgan fingerprint density at radius 2 is 1.82 bits per heavy atom. The Morgan fingerprint density at radius 3 is 2.41 bits per heavy atom. The van der Waals surface area contributed by atoms with Crippen LogP contribution in [0.15, 0.2) is 24.3 Å². The van der Waals surface area contributed by atoms with E-state index in [9.17, 15) is 0 Å². The van der Waals surface area contributed by atoms with Crippen molar-refractivity contribution < 1.29 is 0 Å². The Morgan fingerprint density at radius 1 is 1.18 bits per heavy atom. The molecule has 3 saturated carbocycles. The van der Waals surface area contributed by atoms with Crippen molar-refractivity contribution in [2.75, 3.05) is 11.9 Å². The van der Waals surface area contributed by atoms with Gasteiger partial charge in [0, 0.05) is 12.2 Å². The molecule has 92 valence electrons. The van der Waals surface area contributed by atoms with Gasteiger partial charge in [0.25, 0.3) is 0 Å². The van der Waals surface area contributed by atoms with Crippen LogP contribution in [0.2, 0.25) is 0 Å². The van der Waals surface area contributed by atoms with Crippen LogP contribution in [-0.4, -0.2) is 6.54 Å². The van der Waals surface area contributed by atoms with Crippen molar-refractivity contribution >= 4 is 5.69 Å². The van der Waals surface area contributed by atoms with Gasteiger partial charge in [-0.15, -0.1) is 0 Å². The smallest absolute Gasteiger partial charge is 0.0375 e. The molecule has 2 bridgehead atoms. The Bertz CT molecular complexity index is 413. The van der Waals surface area contributed by atoms with E-state index in [1.165, 1.54) is 37.1 Å². The summed E-state index contributed by atoms with van der Waals surface area (Å²) in [5.74, 6) is 0.601. The maximum absolute atomic E-state index is 3.69. The zero-order chi connectivity index (χ0) is 12.1. The summed E-state index contributed by atoms with van der Waals surface area (Å²) in [6.07, 6.45) is 4.32. The summed E-state index contributed by atoms with van der Waals surface area (Å²) in [5, 5.41) is 3.69. The fourth-order valence-electron chi connectivity index (χ4n) is 4.19. The summed E-state index contributed by atoms with van der Waals surface area (Å²) in [5.41, 5.74) is 4.17. The summed E-state index contributed by atoms with van der Waals surface area (Å²) in [7, 11) is 0. The summed E-state index contributed by atoms with van der Waals surface area (Å²) in [6, 6.07) is 8.75. The molecule has 1 aromatic carbocycles. The number of anilines is 1. The molecule has 0 aliphatic heterocycles. The lowest BCUT2D eigenvalue weighted by atomic mass is 9.36. The van der Waals surface area contributed by atoms with Gasteiger partial charge in [-0.1, -0.05) is 39.0 Å². The lowest BCUT2D eigenvalue weighted by molar-refractivity contribution is -0.180. The van der Waals surface area contributed by atoms with Crippen LogP contribution in [0.25, 0.3) is 0 Å². The maximum Gasteiger partial charge on any atom is 0.0375 e. The van der Waals surface area contributed by atoms with Crippen molar-refractivity contribution in [3.8, 4) is 0 Å². The summed E-state index contributed by atoms with van der Waals surface area (Å²) in [6.45, 7) is 8.13. The molecular formula is C16H23N. The normalized spacial score (nSPS) is 34.1. The van der Waals surface area contributed by atoms with E-state index in [1.807, 2.05) is 0 Å². The third-order valence-corrected chi connectivity index (χ3v) is 4.64. The van der Waals surface area contributed by atoms with Gasteiger partial charge in [0.05, 0.1) is 0 Å². The van der Waals surface area contributed by atoms with Crippen molar-refractivity contribution in [1.82, 2.24) is 0 Å². The van der Waals surface area contributed by atoms with E-state index in [2.05, 4.69) is 50.4 Å². The molecule has 0 heterocycles. The molecule has 0 saturated heterocycles. The highest BCUT2D eigenvalue weighted by Gasteiger charge is 2.64. The first kappa shape index (κ1) is 11.1. The van der Waals surface area contributed by atoms with Gasteiger partial charge < -0.3 is 5.32 Å². The minimum Gasteiger partial charge on any atom is -0.384 e. The molecule has 3 aliphatic rings. The molecule has 1 aromatic rings. The van der Waals surface area contributed by atoms with Gasteiger partial charge in [-0.05, 0) is 47.6 Å². The van der Waals surface area contributed by atoms with Crippen LogP contribution in [0.5, 0.6) is 0 Å². The molecule has 0 radical (unpaired) electrons. The van der Waals surface area contributed by atoms with Crippen molar-refractivity contribution in [1.29, 1.82) is 0 Å². The van der Waals surface area contributed by atoms with Gasteiger partial charge in [0.1, 0.15) is 0 Å². The van der Waals surface area contributed by atoms with Crippen LogP contribution in [-0.2, 0) is 0 Å². The third kappa shape index (κ3) is 1.76. The van der Waals surface area contributed by atoms with Crippen molar-refractivity contribution in [2.45, 2.75) is 46.0 Å². The Balaban J connectivity index is 1.66. The first-order valence-corrected chi connectivity index (χ1v) is 6.85. The largest absolute Gasteiger partial charge is 0.384 e. The summed E-state index contributed by atoms with van der Waals surface area (Å²) >= 11 is 0.